The van der Waals surface area contributed by atoms with Gasteiger partial charge in [-0.15, -0.1) is 10.2 Å². The van der Waals surface area contributed by atoms with Crippen LogP contribution in [0, 0.1) is 5.82 Å². The highest BCUT2D eigenvalue weighted by Gasteiger charge is 2.13. The van der Waals surface area contributed by atoms with Crippen molar-refractivity contribution >= 4 is 39.7 Å². The van der Waals surface area contributed by atoms with E-state index in [1.54, 1.807) is 24.1 Å². The third-order valence-electron chi connectivity index (χ3n) is 4.16. The van der Waals surface area contributed by atoms with Crippen LogP contribution in [-0.4, -0.2) is 43.8 Å². The Hall–Kier alpha value is -3.00. The lowest BCUT2D eigenvalue weighted by atomic mass is 10.2. The van der Waals surface area contributed by atoms with E-state index in [1.165, 1.54) is 23.9 Å². The summed E-state index contributed by atoms with van der Waals surface area (Å²) in [6.07, 6.45) is 0. The van der Waals surface area contributed by atoms with Gasteiger partial charge in [0.25, 0.3) is 0 Å². The Balaban J connectivity index is 1.43. The number of H-pyrrole nitrogens is 1. The zero-order chi connectivity index (χ0) is 18.8. The Labute approximate surface area is 158 Å². The smallest absolute Gasteiger partial charge is 0.233 e. The van der Waals surface area contributed by atoms with Gasteiger partial charge < -0.3 is 9.88 Å². The SMILES string of the molecule is CN(Cc1cccc(F)c1)C(=O)CSc1nnc2c(n1)[nH]c1ccccc12. The second kappa shape index (κ2) is 7.32. The van der Waals surface area contributed by atoms with E-state index in [2.05, 4.69) is 20.2 Å². The van der Waals surface area contributed by atoms with Crippen LogP contribution >= 0.6 is 11.8 Å². The molecule has 0 spiro atoms. The van der Waals surface area contributed by atoms with Crippen molar-refractivity contribution in [1.82, 2.24) is 25.1 Å². The predicted molar refractivity (Wildman–Crippen MR) is 103 cm³/mol. The Morgan fingerprint density at radius 2 is 2.04 bits per heavy atom. The molecule has 0 saturated heterocycles. The number of carbonyl (C=O) groups excluding carboxylic acids is 1. The van der Waals surface area contributed by atoms with Crippen LogP contribution in [0.3, 0.4) is 0 Å². The summed E-state index contributed by atoms with van der Waals surface area (Å²) in [5, 5.41) is 9.76. The molecule has 2 heterocycles. The van der Waals surface area contributed by atoms with Gasteiger partial charge in [-0.2, -0.15) is 0 Å². The first-order valence-corrected chi connectivity index (χ1v) is 9.31. The van der Waals surface area contributed by atoms with Gasteiger partial charge in [0.15, 0.2) is 5.65 Å². The van der Waals surface area contributed by atoms with E-state index in [9.17, 15) is 9.18 Å². The number of para-hydroxylation sites is 1. The maximum Gasteiger partial charge on any atom is 0.233 e. The first-order chi connectivity index (χ1) is 13.1. The van der Waals surface area contributed by atoms with Gasteiger partial charge in [0.1, 0.15) is 11.3 Å². The van der Waals surface area contributed by atoms with E-state index in [4.69, 9.17) is 0 Å². The maximum absolute atomic E-state index is 13.3. The van der Waals surface area contributed by atoms with E-state index in [0.717, 1.165) is 16.5 Å². The Kier molecular flexibility index (Phi) is 4.72. The number of halogens is 1. The van der Waals surface area contributed by atoms with E-state index >= 15 is 0 Å². The number of hydrogen-bond acceptors (Lipinski definition) is 5. The van der Waals surface area contributed by atoms with Gasteiger partial charge in [0.05, 0.1) is 5.75 Å². The molecular weight excluding hydrogens is 365 g/mol. The summed E-state index contributed by atoms with van der Waals surface area (Å²) in [5.74, 6) is -0.224. The molecule has 6 nitrogen and oxygen atoms in total. The number of aromatic nitrogens is 4. The van der Waals surface area contributed by atoms with Crippen LogP contribution in [0.15, 0.2) is 53.7 Å². The molecule has 4 rings (SSSR count). The van der Waals surface area contributed by atoms with Gasteiger partial charge in [0, 0.05) is 24.5 Å². The summed E-state index contributed by atoms with van der Waals surface area (Å²) in [7, 11) is 1.69. The van der Waals surface area contributed by atoms with Crippen LogP contribution < -0.4 is 0 Å². The highest BCUT2D eigenvalue weighted by Crippen LogP contribution is 2.23. The largest absolute Gasteiger partial charge is 0.341 e. The van der Waals surface area contributed by atoms with Crippen LogP contribution in [0.2, 0.25) is 0 Å². The van der Waals surface area contributed by atoms with Crippen LogP contribution in [0.1, 0.15) is 5.56 Å². The number of nitrogens with one attached hydrogen (secondary N) is 1. The maximum atomic E-state index is 13.3. The minimum atomic E-state index is -0.311. The van der Waals surface area contributed by atoms with Crippen molar-refractivity contribution in [1.29, 1.82) is 0 Å². The van der Waals surface area contributed by atoms with Gasteiger partial charge in [-0.3, -0.25) is 4.79 Å². The van der Waals surface area contributed by atoms with Gasteiger partial charge in [-0.05, 0) is 23.8 Å². The normalized spacial score (nSPS) is 11.2. The predicted octanol–water partition coefficient (Wildman–Crippen LogP) is 3.40. The first kappa shape index (κ1) is 17.4. The molecular formula is C19H16FN5OS. The number of amides is 1. The number of rotatable bonds is 5. The quantitative estimate of drug-likeness (QED) is 0.536. The van der Waals surface area contributed by atoms with Gasteiger partial charge in [0.2, 0.25) is 11.1 Å². The summed E-state index contributed by atoms with van der Waals surface area (Å²) in [5.41, 5.74) is 3.05. The molecule has 1 amide bonds. The molecule has 0 bridgehead atoms. The van der Waals surface area contributed by atoms with Crippen molar-refractivity contribution in [2.45, 2.75) is 11.7 Å². The molecule has 0 saturated carbocycles. The van der Waals surface area contributed by atoms with Crippen molar-refractivity contribution in [3.63, 3.8) is 0 Å². The van der Waals surface area contributed by atoms with Gasteiger partial charge >= 0.3 is 0 Å². The minimum Gasteiger partial charge on any atom is -0.341 e. The lowest BCUT2D eigenvalue weighted by molar-refractivity contribution is -0.127. The number of benzene rings is 2. The zero-order valence-corrected chi connectivity index (χ0v) is 15.3. The first-order valence-electron chi connectivity index (χ1n) is 8.32. The second-order valence-electron chi connectivity index (χ2n) is 6.13. The van der Waals surface area contributed by atoms with E-state index < -0.39 is 0 Å². The van der Waals surface area contributed by atoms with Crippen molar-refractivity contribution in [3.8, 4) is 0 Å². The molecule has 0 radical (unpaired) electrons. The van der Waals surface area contributed by atoms with E-state index in [-0.39, 0.29) is 17.5 Å². The van der Waals surface area contributed by atoms with Crippen molar-refractivity contribution in [2.75, 3.05) is 12.8 Å². The zero-order valence-electron chi connectivity index (χ0n) is 14.5. The van der Waals surface area contributed by atoms with Crippen molar-refractivity contribution in [3.05, 3.63) is 59.9 Å². The van der Waals surface area contributed by atoms with Crippen molar-refractivity contribution in [2.24, 2.45) is 0 Å². The monoisotopic (exact) mass is 381 g/mol. The van der Waals surface area contributed by atoms with Crippen LogP contribution in [0.5, 0.6) is 0 Å². The molecule has 0 unspecified atom stereocenters. The Bertz CT molecular complexity index is 1130. The number of thioether (sulfide) groups is 1. The molecule has 0 aliphatic heterocycles. The molecule has 0 aliphatic rings. The summed E-state index contributed by atoms with van der Waals surface area (Å²) in [4.78, 5) is 21.6. The molecule has 0 aliphatic carbocycles. The fourth-order valence-electron chi connectivity index (χ4n) is 2.80. The summed E-state index contributed by atoms with van der Waals surface area (Å²) >= 11 is 1.23. The summed E-state index contributed by atoms with van der Waals surface area (Å²) in [6, 6.07) is 14.0. The molecule has 0 fully saturated rings. The molecule has 4 aromatic rings. The average molecular weight is 381 g/mol. The molecule has 136 valence electrons. The number of nitrogens with zero attached hydrogens (tertiary/aromatic N) is 4. The van der Waals surface area contributed by atoms with E-state index in [1.807, 2.05) is 24.3 Å². The summed E-state index contributed by atoms with van der Waals surface area (Å²) < 4.78 is 13.3. The van der Waals surface area contributed by atoms with Gasteiger partial charge in [-0.1, -0.05) is 42.1 Å². The lowest BCUT2D eigenvalue weighted by Crippen LogP contribution is -2.27. The average Bonchev–Trinajstić information content (AvgIpc) is 3.03. The Morgan fingerprint density at radius 1 is 1.19 bits per heavy atom. The molecule has 27 heavy (non-hydrogen) atoms. The molecule has 1 N–H and O–H groups in total. The topological polar surface area (TPSA) is 74.8 Å². The highest BCUT2D eigenvalue weighted by molar-refractivity contribution is 7.99. The number of hydrogen-bond donors (Lipinski definition) is 1. The standard InChI is InChI=1S/C19H16FN5OS/c1-25(10-12-5-4-6-13(20)9-12)16(26)11-27-19-22-18-17(23-24-19)14-7-2-3-8-15(14)21-18/h2-9H,10-11H2,1H3,(H,21,22,24). The minimum absolute atomic E-state index is 0.0930. The lowest BCUT2D eigenvalue weighted by Gasteiger charge is -2.16. The third-order valence-corrected chi connectivity index (χ3v) is 4.98. The van der Waals surface area contributed by atoms with Crippen molar-refractivity contribution < 1.29 is 9.18 Å². The van der Waals surface area contributed by atoms with Crippen LogP contribution in [0.25, 0.3) is 22.1 Å². The Morgan fingerprint density at radius 3 is 2.89 bits per heavy atom. The molecule has 2 aromatic heterocycles. The second-order valence-corrected chi connectivity index (χ2v) is 7.07. The third kappa shape index (κ3) is 3.75. The molecule has 2 aromatic carbocycles. The molecule has 0 atom stereocenters. The number of fused-ring (bicyclic) bond motifs is 3. The summed E-state index contributed by atoms with van der Waals surface area (Å²) in [6.45, 7) is 0.345. The van der Waals surface area contributed by atoms with Crippen LogP contribution in [-0.2, 0) is 11.3 Å². The highest BCUT2D eigenvalue weighted by atomic mass is 32.2. The fraction of sp³-hybridized carbons (Fsp3) is 0.158. The molecule has 8 heteroatoms. The van der Waals surface area contributed by atoms with Crippen LogP contribution in [0.4, 0.5) is 4.39 Å². The number of carbonyl (C=O) groups is 1. The fourth-order valence-corrected chi connectivity index (χ4v) is 3.53. The number of aromatic amines is 1. The van der Waals surface area contributed by atoms with E-state index in [0.29, 0.717) is 22.9 Å². The van der Waals surface area contributed by atoms with Gasteiger partial charge in [-0.25, -0.2) is 9.37 Å².